The molecule has 168 valence electrons. The van der Waals surface area contributed by atoms with Crippen molar-refractivity contribution >= 4 is 22.6 Å². The first-order chi connectivity index (χ1) is 15.4. The molecule has 3 fully saturated rings. The van der Waals surface area contributed by atoms with E-state index < -0.39 is 17.2 Å². The van der Waals surface area contributed by atoms with Gasteiger partial charge >= 0.3 is 5.97 Å². The van der Waals surface area contributed by atoms with Gasteiger partial charge < -0.3 is 19.9 Å². The first kappa shape index (κ1) is 21.0. The molecule has 1 aliphatic heterocycles. The third kappa shape index (κ3) is 3.36. The Labute approximate surface area is 185 Å². The second-order valence-electron chi connectivity index (χ2n) is 9.47. The van der Waals surface area contributed by atoms with Gasteiger partial charge in [-0.3, -0.25) is 4.79 Å². The third-order valence-corrected chi connectivity index (χ3v) is 7.44. The number of halogens is 1. The van der Waals surface area contributed by atoms with Crippen LogP contribution in [0.1, 0.15) is 60.5 Å². The number of nitrogens with one attached hydrogen (secondary N) is 1. The Morgan fingerprint density at radius 1 is 1.38 bits per heavy atom. The van der Waals surface area contributed by atoms with Crippen molar-refractivity contribution in [3.8, 4) is 6.07 Å². The number of carboxylic acid groups (broad SMARTS) is 1. The minimum atomic E-state index is -1.28. The van der Waals surface area contributed by atoms with Crippen LogP contribution in [0, 0.1) is 30.0 Å². The fourth-order valence-electron chi connectivity index (χ4n) is 5.50. The number of rotatable bonds is 7. The van der Waals surface area contributed by atoms with E-state index in [0.29, 0.717) is 35.7 Å². The van der Waals surface area contributed by atoms with E-state index in [2.05, 4.69) is 16.3 Å². The van der Waals surface area contributed by atoms with E-state index in [1.165, 1.54) is 12.3 Å². The topological polar surface area (TPSA) is 98.4 Å². The molecule has 0 amide bonds. The van der Waals surface area contributed by atoms with Crippen LogP contribution < -0.4 is 15.6 Å². The molecule has 5 rings (SSSR count). The zero-order valence-corrected chi connectivity index (χ0v) is 18.2. The van der Waals surface area contributed by atoms with Crippen molar-refractivity contribution in [2.45, 2.75) is 57.0 Å². The Balaban J connectivity index is 1.53. The lowest BCUT2D eigenvalue weighted by molar-refractivity contribution is 0.0695. The zero-order valence-electron chi connectivity index (χ0n) is 18.2. The Kier molecular flexibility index (Phi) is 4.97. The summed E-state index contributed by atoms with van der Waals surface area (Å²) < 4.78 is 17.3. The first-order valence-electron chi connectivity index (χ1n) is 11.3. The normalized spacial score (nSPS) is 21.7. The molecule has 1 aromatic heterocycles. The highest BCUT2D eigenvalue weighted by molar-refractivity contribution is 5.95. The van der Waals surface area contributed by atoms with Crippen LogP contribution in [0.3, 0.4) is 0 Å². The number of hydrogen-bond acceptors (Lipinski definition) is 5. The molecule has 32 heavy (non-hydrogen) atoms. The molecular formula is C24H27FN4O3. The van der Waals surface area contributed by atoms with E-state index in [0.717, 1.165) is 45.2 Å². The molecule has 1 saturated heterocycles. The summed E-state index contributed by atoms with van der Waals surface area (Å²) in [6.45, 7) is 3.97. The van der Waals surface area contributed by atoms with Crippen LogP contribution in [0.25, 0.3) is 10.9 Å². The molecule has 2 saturated carbocycles. The van der Waals surface area contributed by atoms with Gasteiger partial charge in [0.2, 0.25) is 5.43 Å². The van der Waals surface area contributed by atoms with Crippen LogP contribution >= 0.6 is 0 Å². The van der Waals surface area contributed by atoms with Gasteiger partial charge in [-0.25, -0.2) is 9.18 Å². The molecule has 2 aromatic rings. The maximum absolute atomic E-state index is 15.4. The van der Waals surface area contributed by atoms with E-state index >= 15 is 4.39 Å². The summed E-state index contributed by atoms with van der Waals surface area (Å²) in [7, 11) is 0. The number of pyridine rings is 1. The SMILES string of the molecule is Cc1c(N2CCC(C3(NCCC#N)CC3)C2)c(F)cc2c(=O)c(C(=O)O)cn(C3CC3)c12. The summed E-state index contributed by atoms with van der Waals surface area (Å²) in [6.07, 6.45) is 6.87. The quantitative estimate of drug-likeness (QED) is 0.644. The number of fused-ring (bicyclic) bond motifs is 1. The molecule has 8 heteroatoms. The van der Waals surface area contributed by atoms with Gasteiger partial charge in [0.15, 0.2) is 0 Å². The Morgan fingerprint density at radius 3 is 2.75 bits per heavy atom. The molecule has 2 aliphatic carbocycles. The molecular weight excluding hydrogens is 411 g/mol. The number of carboxylic acids is 1. The number of hydrogen-bond donors (Lipinski definition) is 2. The highest BCUT2D eigenvalue weighted by Crippen LogP contribution is 2.48. The van der Waals surface area contributed by atoms with Crippen molar-refractivity contribution < 1.29 is 14.3 Å². The van der Waals surface area contributed by atoms with Gasteiger partial charge in [-0.1, -0.05) is 0 Å². The molecule has 3 aliphatic rings. The number of aromatic nitrogens is 1. The average molecular weight is 439 g/mol. The Hall–Kier alpha value is -2.92. The highest BCUT2D eigenvalue weighted by atomic mass is 19.1. The van der Waals surface area contributed by atoms with Gasteiger partial charge in [0, 0.05) is 49.2 Å². The number of aromatic carboxylic acids is 1. The summed E-state index contributed by atoms with van der Waals surface area (Å²) in [5, 5.41) is 22.0. The predicted octanol–water partition coefficient (Wildman–Crippen LogP) is 3.34. The van der Waals surface area contributed by atoms with Crippen molar-refractivity contribution in [1.29, 1.82) is 5.26 Å². The largest absolute Gasteiger partial charge is 0.477 e. The van der Waals surface area contributed by atoms with Gasteiger partial charge in [-0.2, -0.15) is 5.26 Å². The summed E-state index contributed by atoms with van der Waals surface area (Å²) in [4.78, 5) is 26.5. The van der Waals surface area contributed by atoms with Crippen LogP contribution in [0.2, 0.25) is 0 Å². The molecule has 1 atom stereocenters. The smallest absolute Gasteiger partial charge is 0.341 e. The summed E-state index contributed by atoms with van der Waals surface area (Å²) in [5.41, 5.74) is 0.982. The summed E-state index contributed by atoms with van der Waals surface area (Å²) >= 11 is 0. The van der Waals surface area contributed by atoms with Crippen molar-refractivity contribution in [3.63, 3.8) is 0 Å². The van der Waals surface area contributed by atoms with Crippen LogP contribution in [0.15, 0.2) is 17.1 Å². The van der Waals surface area contributed by atoms with Crippen LogP contribution in [0.5, 0.6) is 0 Å². The Bertz CT molecular complexity index is 1210. The highest BCUT2D eigenvalue weighted by Gasteiger charge is 2.51. The first-order valence-corrected chi connectivity index (χ1v) is 11.3. The minimum absolute atomic E-state index is 0.0549. The number of nitriles is 1. The maximum atomic E-state index is 15.4. The van der Waals surface area contributed by atoms with Crippen molar-refractivity contribution in [1.82, 2.24) is 9.88 Å². The molecule has 2 N–H and O–H groups in total. The lowest BCUT2D eigenvalue weighted by Crippen LogP contribution is -2.40. The van der Waals surface area contributed by atoms with Crippen molar-refractivity contribution in [3.05, 3.63) is 39.4 Å². The third-order valence-electron chi connectivity index (χ3n) is 7.44. The number of benzene rings is 1. The number of carbonyl (C=O) groups is 1. The van der Waals surface area contributed by atoms with E-state index in [1.54, 1.807) is 0 Å². The second-order valence-corrected chi connectivity index (χ2v) is 9.47. The van der Waals surface area contributed by atoms with Crippen LogP contribution in [-0.2, 0) is 0 Å². The van der Waals surface area contributed by atoms with Crippen molar-refractivity contribution in [2.24, 2.45) is 5.92 Å². The molecule has 1 unspecified atom stereocenters. The van der Waals surface area contributed by atoms with Gasteiger partial charge in [-0.15, -0.1) is 0 Å². The van der Waals surface area contributed by atoms with Crippen LogP contribution in [-0.4, -0.2) is 40.8 Å². The lowest BCUT2D eigenvalue weighted by Gasteiger charge is -2.27. The monoisotopic (exact) mass is 438 g/mol. The molecule has 7 nitrogen and oxygen atoms in total. The fraction of sp³-hybridized carbons (Fsp3) is 0.542. The Morgan fingerprint density at radius 2 is 2.12 bits per heavy atom. The van der Waals surface area contributed by atoms with E-state index in [-0.39, 0.29) is 22.5 Å². The van der Waals surface area contributed by atoms with E-state index in [1.807, 2.05) is 11.5 Å². The van der Waals surface area contributed by atoms with Crippen molar-refractivity contribution in [2.75, 3.05) is 24.5 Å². The number of nitrogens with zero attached hydrogens (tertiary/aromatic N) is 3. The predicted molar refractivity (Wildman–Crippen MR) is 119 cm³/mol. The fourth-order valence-corrected chi connectivity index (χ4v) is 5.50. The minimum Gasteiger partial charge on any atom is -0.477 e. The molecule has 0 bridgehead atoms. The molecule has 2 heterocycles. The molecule has 0 spiro atoms. The lowest BCUT2D eigenvalue weighted by atomic mass is 9.96. The average Bonchev–Trinajstić information content (AvgIpc) is 3.68. The molecule has 0 radical (unpaired) electrons. The second kappa shape index (κ2) is 7.59. The number of aryl methyl sites for hydroxylation is 1. The number of anilines is 1. The zero-order chi connectivity index (χ0) is 22.6. The van der Waals surface area contributed by atoms with Gasteiger partial charge in [0.1, 0.15) is 11.4 Å². The van der Waals surface area contributed by atoms with Gasteiger partial charge in [0.25, 0.3) is 0 Å². The van der Waals surface area contributed by atoms with Gasteiger partial charge in [0.05, 0.1) is 17.3 Å². The van der Waals surface area contributed by atoms with Crippen LogP contribution in [0.4, 0.5) is 10.1 Å². The van der Waals surface area contributed by atoms with E-state index in [9.17, 15) is 14.7 Å². The molecule has 1 aromatic carbocycles. The standard InChI is InChI=1S/C24H27FN4O3/c1-14-20-17(22(30)18(23(31)32)13-29(20)16-3-4-16)11-19(25)21(14)28-10-5-15(12-28)24(6-7-24)27-9-2-8-26/h11,13,15-16,27H,2-7,9-10,12H2,1H3,(H,31,32). The van der Waals surface area contributed by atoms with Gasteiger partial charge in [-0.05, 0) is 56.6 Å². The summed E-state index contributed by atoms with van der Waals surface area (Å²) in [6, 6.07) is 3.56. The van der Waals surface area contributed by atoms with E-state index in [4.69, 9.17) is 5.26 Å². The maximum Gasteiger partial charge on any atom is 0.341 e. The summed E-state index contributed by atoms with van der Waals surface area (Å²) in [5.74, 6) is -1.37.